The molecule has 0 bridgehead atoms. The Morgan fingerprint density at radius 2 is 2.23 bits per heavy atom. The molecule has 5 nitrogen and oxygen atoms in total. The maximum Gasteiger partial charge on any atom is 0.191 e. The van der Waals surface area contributed by atoms with Gasteiger partial charge in [0.15, 0.2) is 15.8 Å². The number of sulfone groups is 1. The molecule has 1 aliphatic rings. The van der Waals surface area contributed by atoms with Gasteiger partial charge in [0.1, 0.15) is 5.82 Å². The third-order valence-corrected chi connectivity index (χ3v) is 5.51. The average Bonchev–Trinajstić information content (AvgIpc) is 2.77. The number of hydrogen-bond acceptors (Lipinski definition) is 3. The normalized spacial score (nSPS) is 20.3. The van der Waals surface area contributed by atoms with Gasteiger partial charge in [0.25, 0.3) is 0 Å². The Hall–Kier alpha value is -0.420. The molecule has 0 aromatic heterocycles. The Kier molecular flexibility index (Phi) is 7.53. The molecular weight excluding hydrogens is 488 g/mol. The van der Waals surface area contributed by atoms with Crippen molar-refractivity contribution in [1.82, 2.24) is 10.6 Å². The van der Waals surface area contributed by atoms with Gasteiger partial charge in [-0.1, -0.05) is 15.9 Å². The summed E-state index contributed by atoms with van der Waals surface area (Å²) in [5.74, 6) is 0.474. The number of guanidine groups is 1. The summed E-state index contributed by atoms with van der Waals surface area (Å²) < 4.78 is 37.3. The minimum atomic E-state index is -2.94. The van der Waals surface area contributed by atoms with Crippen molar-refractivity contribution in [1.29, 1.82) is 0 Å². The first-order valence-electron chi connectivity index (χ1n) is 6.51. The van der Waals surface area contributed by atoms with Crippen LogP contribution < -0.4 is 10.6 Å². The first kappa shape index (κ1) is 19.6. The summed E-state index contributed by atoms with van der Waals surface area (Å²) in [6, 6.07) is 4.57. The van der Waals surface area contributed by atoms with E-state index in [0.717, 1.165) is 4.47 Å². The zero-order chi connectivity index (χ0) is 15.5. The van der Waals surface area contributed by atoms with Crippen LogP contribution in [0.3, 0.4) is 0 Å². The zero-order valence-corrected chi connectivity index (χ0v) is 16.7. The van der Waals surface area contributed by atoms with E-state index in [2.05, 4.69) is 31.6 Å². The van der Waals surface area contributed by atoms with E-state index in [0.29, 0.717) is 17.9 Å². The Morgan fingerprint density at radius 1 is 1.50 bits per heavy atom. The van der Waals surface area contributed by atoms with Crippen LogP contribution in [0.4, 0.5) is 4.39 Å². The molecule has 1 heterocycles. The number of rotatable bonds is 3. The molecule has 1 unspecified atom stereocenters. The van der Waals surface area contributed by atoms with Gasteiger partial charge in [-0.25, -0.2) is 12.8 Å². The fraction of sp³-hybridized carbons (Fsp3) is 0.462. The first-order valence-corrected chi connectivity index (χ1v) is 9.12. The molecule has 1 fully saturated rings. The molecule has 0 saturated carbocycles. The summed E-state index contributed by atoms with van der Waals surface area (Å²) >= 11 is 3.30. The fourth-order valence-corrected chi connectivity index (χ4v) is 4.24. The van der Waals surface area contributed by atoms with Gasteiger partial charge in [0.05, 0.1) is 11.5 Å². The molecule has 1 saturated heterocycles. The first-order chi connectivity index (χ1) is 9.89. The van der Waals surface area contributed by atoms with Crippen molar-refractivity contribution in [3.8, 4) is 0 Å². The lowest BCUT2D eigenvalue weighted by atomic mass is 10.2. The van der Waals surface area contributed by atoms with Crippen LogP contribution >= 0.6 is 39.9 Å². The van der Waals surface area contributed by atoms with Gasteiger partial charge in [0.2, 0.25) is 0 Å². The SMILES string of the molecule is CN=C(NCc1cc(Br)ccc1F)NC1CCS(=O)(=O)C1.I. The van der Waals surface area contributed by atoms with E-state index in [4.69, 9.17) is 0 Å². The second-order valence-electron chi connectivity index (χ2n) is 4.91. The summed E-state index contributed by atoms with van der Waals surface area (Å²) in [5.41, 5.74) is 0.506. The molecule has 1 aliphatic heterocycles. The predicted molar refractivity (Wildman–Crippen MR) is 99.9 cm³/mol. The molecule has 0 amide bonds. The smallest absolute Gasteiger partial charge is 0.191 e. The van der Waals surface area contributed by atoms with Crippen molar-refractivity contribution in [3.63, 3.8) is 0 Å². The lowest BCUT2D eigenvalue weighted by molar-refractivity contribution is 0.597. The van der Waals surface area contributed by atoms with Crippen LogP contribution in [0, 0.1) is 5.82 Å². The average molecular weight is 506 g/mol. The summed E-state index contributed by atoms with van der Waals surface area (Å²) in [6.45, 7) is 0.268. The van der Waals surface area contributed by atoms with Gasteiger partial charge >= 0.3 is 0 Å². The highest BCUT2D eigenvalue weighted by molar-refractivity contribution is 14.0. The van der Waals surface area contributed by atoms with Crippen LogP contribution in [0.2, 0.25) is 0 Å². The minimum absolute atomic E-state index is 0. The van der Waals surface area contributed by atoms with Gasteiger partial charge in [0, 0.05) is 29.7 Å². The number of nitrogens with zero attached hydrogens (tertiary/aromatic N) is 1. The van der Waals surface area contributed by atoms with Gasteiger partial charge in [-0.3, -0.25) is 4.99 Å². The standard InChI is InChI=1S/C13H17BrFN3O2S.HI/c1-16-13(18-11-4-5-21(19,20)8-11)17-7-9-6-10(14)2-3-12(9)15;/h2-3,6,11H,4-5,7-8H2,1H3,(H2,16,17,18);1H. The van der Waals surface area contributed by atoms with E-state index in [1.807, 2.05) is 0 Å². The van der Waals surface area contributed by atoms with Gasteiger partial charge in [-0.05, 0) is 24.6 Å². The van der Waals surface area contributed by atoms with Gasteiger partial charge < -0.3 is 10.6 Å². The van der Waals surface area contributed by atoms with Crippen molar-refractivity contribution < 1.29 is 12.8 Å². The molecule has 22 heavy (non-hydrogen) atoms. The Balaban J connectivity index is 0.00000242. The second kappa shape index (κ2) is 8.44. The highest BCUT2D eigenvalue weighted by Crippen LogP contribution is 2.15. The van der Waals surface area contributed by atoms with Crippen molar-refractivity contribution in [2.75, 3.05) is 18.6 Å². The van der Waals surface area contributed by atoms with E-state index < -0.39 is 9.84 Å². The number of hydrogen-bond donors (Lipinski definition) is 2. The molecule has 1 atom stereocenters. The van der Waals surface area contributed by atoms with Crippen LogP contribution in [0.25, 0.3) is 0 Å². The van der Waals surface area contributed by atoms with Crippen LogP contribution in [0.5, 0.6) is 0 Å². The Bertz CT molecular complexity index is 655. The van der Waals surface area contributed by atoms with Gasteiger partial charge in [-0.2, -0.15) is 0 Å². The molecule has 1 aromatic carbocycles. The van der Waals surface area contributed by atoms with Crippen molar-refractivity contribution >= 4 is 55.7 Å². The molecule has 0 aliphatic carbocycles. The fourth-order valence-electron chi connectivity index (χ4n) is 2.15. The predicted octanol–water partition coefficient (Wildman–Crippen LogP) is 2.06. The van der Waals surface area contributed by atoms with E-state index in [1.165, 1.54) is 6.07 Å². The van der Waals surface area contributed by atoms with Crippen molar-refractivity contribution in [3.05, 3.63) is 34.1 Å². The lowest BCUT2D eigenvalue weighted by Gasteiger charge is -2.16. The summed E-state index contributed by atoms with van der Waals surface area (Å²) in [4.78, 5) is 4.03. The quantitative estimate of drug-likeness (QED) is 0.375. The monoisotopic (exact) mass is 505 g/mol. The number of aliphatic imine (C=N–C) groups is 1. The maximum absolute atomic E-state index is 13.6. The second-order valence-corrected chi connectivity index (χ2v) is 8.05. The number of benzene rings is 1. The van der Waals surface area contributed by atoms with E-state index in [-0.39, 0.29) is 53.9 Å². The largest absolute Gasteiger partial charge is 0.353 e. The topological polar surface area (TPSA) is 70.6 Å². The highest BCUT2D eigenvalue weighted by atomic mass is 127. The minimum Gasteiger partial charge on any atom is -0.353 e. The maximum atomic E-state index is 13.6. The lowest BCUT2D eigenvalue weighted by Crippen LogP contribution is -2.43. The molecule has 2 N–H and O–H groups in total. The third-order valence-electron chi connectivity index (χ3n) is 3.25. The molecule has 1 aromatic rings. The summed E-state index contributed by atoms with van der Waals surface area (Å²) in [6.07, 6.45) is 0.564. The van der Waals surface area contributed by atoms with E-state index >= 15 is 0 Å². The molecule has 0 radical (unpaired) electrons. The Morgan fingerprint density at radius 3 is 2.82 bits per heavy atom. The van der Waals surface area contributed by atoms with Crippen LogP contribution in [0.1, 0.15) is 12.0 Å². The van der Waals surface area contributed by atoms with Crippen LogP contribution in [-0.4, -0.2) is 39.0 Å². The summed E-state index contributed by atoms with van der Waals surface area (Å²) in [5, 5.41) is 6.04. The van der Waals surface area contributed by atoms with Crippen LogP contribution in [0.15, 0.2) is 27.7 Å². The molecule has 2 rings (SSSR count). The third kappa shape index (κ3) is 5.65. The van der Waals surface area contributed by atoms with E-state index in [1.54, 1.807) is 19.2 Å². The molecule has 124 valence electrons. The zero-order valence-electron chi connectivity index (χ0n) is 12.0. The van der Waals surface area contributed by atoms with Crippen LogP contribution in [-0.2, 0) is 16.4 Å². The Labute approximate surface area is 155 Å². The van der Waals surface area contributed by atoms with Crippen molar-refractivity contribution in [2.45, 2.75) is 19.0 Å². The molecule has 9 heteroatoms. The highest BCUT2D eigenvalue weighted by Gasteiger charge is 2.28. The van der Waals surface area contributed by atoms with Crippen molar-refractivity contribution in [2.24, 2.45) is 4.99 Å². The summed E-state index contributed by atoms with van der Waals surface area (Å²) in [7, 11) is -1.35. The molecular formula is C13H18BrFIN3O2S. The molecule has 0 spiro atoms. The van der Waals surface area contributed by atoms with Gasteiger partial charge in [-0.15, -0.1) is 24.0 Å². The number of nitrogens with one attached hydrogen (secondary N) is 2. The number of halogens is 3. The van der Waals surface area contributed by atoms with E-state index in [9.17, 15) is 12.8 Å².